The van der Waals surface area contributed by atoms with Crippen molar-refractivity contribution in [2.24, 2.45) is 98.6 Å². The minimum atomic E-state index is -2.40. The molecule has 17 rings (SSSR count). The van der Waals surface area contributed by atoms with Crippen LogP contribution < -0.4 is 5.32 Å². The van der Waals surface area contributed by atoms with Crippen molar-refractivity contribution in [2.75, 3.05) is 7.05 Å². The Morgan fingerprint density at radius 2 is 1.56 bits per heavy atom. The van der Waals surface area contributed by atoms with Crippen LogP contribution in [0, 0.1) is 122 Å². The molecule has 0 unspecified atom stereocenters. The van der Waals surface area contributed by atoms with Crippen molar-refractivity contribution in [2.45, 2.75) is 215 Å². The number of hydrogen-bond acceptors (Lipinski definition) is 10. The molecule has 10 nitrogen and oxygen atoms in total. The lowest BCUT2D eigenvalue weighted by Crippen LogP contribution is -2.87. The second-order valence-electron chi connectivity index (χ2n) is 32.2. The van der Waals surface area contributed by atoms with E-state index in [9.17, 15) is 25.2 Å². The number of carbonyl (C=O) groups is 2. The van der Waals surface area contributed by atoms with Gasteiger partial charge in [0.1, 0.15) is 23.6 Å². The Labute approximate surface area is 521 Å². The topological polar surface area (TPSA) is 177 Å². The molecule has 9 saturated carbocycles. The first-order valence-electron chi connectivity index (χ1n) is 35.0. The standard InChI is InChI=1S/C78H95NO9/c1-4-59-53-17-7-11-46(31-53)29-48-23-26-72(37-48)27-24-50-15-9-20-57(41-80)60(50)35-65(79-3)61-33-58-40-76(85)74(42-72,67(58)62-36-66(82)88-68(61)62)39-56-19-10-16-52(30-47-12-8-18-54(59)32-47)55-25-28-73(38-55)43-75(44-81)69(56)78(76,87)71(84)64-34-51(45(2)49-13-5-6-14-49)21-22-63(70(73)83)77(64,75)86/h7-9,11-12,15,17-18,20,31-32,36,44-45,48-49,51-52,55-56,58-59,61,63-65,67-71,79-80,83-87H,4-6,13-14,16,21-23,25-26,28-30,33-35,37-43H2,1-3H3/t45-,48+,51-,52+,55+,56-,58+,59-,61-,63+,64+,65+,67+,68+,69+,70+,71+,72-,73+,74-,75-,76+,77+,78+/m0/s1. The van der Waals surface area contributed by atoms with Crippen LogP contribution in [0.4, 0.5) is 0 Å². The number of likely N-dealkylation sites (N-methyl/N-ethyl adjacent to an activating group) is 1. The number of nitrogens with one attached hydrogen (secondary N) is 1. The lowest BCUT2D eigenvalue weighted by molar-refractivity contribution is -0.391. The lowest BCUT2D eigenvalue weighted by Gasteiger charge is -2.75. The molecule has 0 saturated heterocycles. The SMILES string of the molecule is CC[C@H]1c2cccc(c2)C[C@H]2CC[C@]3(C#Cc4cccc(CO)c4C[C@@H](NC)[C@@H]4C[C@@H]5C[C@@]6(O)[C@@](C[C@@H]7C#CC[C@H](Cc8cccc1c8)[C@@H]1CC[C@@]8(C1)C[C@]1(C=O)[C@@H]7[C@@]6(O)[C@H](O)[C@H]6C[C@@H]([C@@H](C)C7CCCC7)CC[C@H]([C@H]8O)[C@@]61O)(C3)[C@H]5C1=CC(=O)O[C@@H]14)C2. The van der Waals surface area contributed by atoms with E-state index in [4.69, 9.17) is 4.74 Å². The predicted octanol–water partition coefficient (Wildman–Crippen LogP) is 10.5. The van der Waals surface area contributed by atoms with E-state index in [2.05, 4.69) is 97.4 Å². The van der Waals surface area contributed by atoms with Gasteiger partial charge in [0.05, 0.1) is 29.8 Å². The first-order chi connectivity index (χ1) is 42.5. The molecule has 10 heteroatoms. The van der Waals surface area contributed by atoms with Crippen LogP contribution in [0.3, 0.4) is 0 Å². The highest BCUT2D eigenvalue weighted by Crippen LogP contribution is 2.81. The van der Waals surface area contributed by atoms with Crippen molar-refractivity contribution >= 4 is 12.3 Å². The molecular weight excluding hydrogens is 1090 g/mol. The van der Waals surface area contributed by atoms with Crippen molar-refractivity contribution in [3.05, 3.63) is 117 Å². The molecule has 7 N–H and O–H groups in total. The number of esters is 1. The lowest BCUT2D eigenvalue weighted by atomic mass is 9.31. The van der Waals surface area contributed by atoms with Crippen LogP contribution >= 0.6 is 0 Å². The zero-order chi connectivity index (χ0) is 60.5. The van der Waals surface area contributed by atoms with Gasteiger partial charge in [-0.05, 0) is 220 Å². The van der Waals surface area contributed by atoms with E-state index in [1.54, 1.807) is 6.08 Å². The molecule has 0 aromatic heterocycles. The van der Waals surface area contributed by atoms with Crippen LogP contribution in [0.2, 0.25) is 0 Å². The third-order valence-corrected chi connectivity index (χ3v) is 28.9. The summed E-state index contributed by atoms with van der Waals surface area (Å²) < 4.78 is 6.64. The number of hydrogen-bond donors (Lipinski definition) is 7. The van der Waals surface area contributed by atoms with E-state index in [0.717, 1.165) is 79.9 Å². The van der Waals surface area contributed by atoms with Crippen molar-refractivity contribution in [1.29, 1.82) is 0 Å². The quantitative estimate of drug-likeness (QED) is 0.0714. The second kappa shape index (κ2) is 20.9. The monoisotopic (exact) mass is 1190 g/mol. The molecule has 0 amide bonds. The van der Waals surface area contributed by atoms with Crippen LogP contribution in [0.5, 0.6) is 0 Å². The normalized spacial score (nSPS) is 47.0. The van der Waals surface area contributed by atoms with Crippen LogP contribution in [0.15, 0.2) is 78.4 Å². The number of rotatable bonds is 6. The Morgan fingerprint density at radius 1 is 0.784 bits per heavy atom. The number of carbonyl (C=O) groups excluding carboxylic acids is 2. The molecule has 14 aliphatic rings. The summed E-state index contributed by atoms with van der Waals surface area (Å²) in [5, 5.41) is 89.4. The molecule has 13 aliphatic carbocycles. The van der Waals surface area contributed by atoms with Gasteiger partial charge in [-0.15, -0.1) is 5.92 Å². The van der Waals surface area contributed by atoms with E-state index in [-0.39, 0.29) is 79.3 Å². The highest BCUT2D eigenvalue weighted by molar-refractivity contribution is 5.86. The fourth-order valence-corrected chi connectivity index (χ4v) is 25.4. The third kappa shape index (κ3) is 8.06. The Kier molecular flexibility index (Phi) is 13.9. The largest absolute Gasteiger partial charge is 0.454 e. The summed E-state index contributed by atoms with van der Waals surface area (Å²) in [5.41, 5.74) is -2.34. The average molecular weight is 1190 g/mol. The van der Waals surface area contributed by atoms with E-state index >= 15 is 15.0 Å². The van der Waals surface area contributed by atoms with Gasteiger partial charge in [0.15, 0.2) is 0 Å². The van der Waals surface area contributed by atoms with Gasteiger partial charge in [-0.25, -0.2) is 4.79 Å². The summed E-state index contributed by atoms with van der Waals surface area (Å²) in [7, 11) is 1.95. The molecule has 3 aromatic rings. The van der Waals surface area contributed by atoms with Crippen LogP contribution in [-0.2, 0) is 40.2 Å². The Bertz CT molecular complexity index is 3470. The van der Waals surface area contributed by atoms with Gasteiger partial charge in [0.2, 0.25) is 0 Å². The first-order valence-corrected chi connectivity index (χ1v) is 35.0. The Hall–Kier alpha value is -4.62. The average Bonchev–Trinajstić information content (AvgIpc) is 1.17. The predicted molar refractivity (Wildman–Crippen MR) is 335 cm³/mol. The number of fused-ring (bicyclic) bond motifs is 11. The molecule has 15 bridgehead atoms. The molecule has 3 spiro atoms. The maximum atomic E-state index is 15.9. The highest BCUT2D eigenvalue weighted by atomic mass is 16.5. The third-order valence-electron chi connectivity index (χ3n) is 28.9. The van der Waals surface area contributed by atoms with Gasteiger partial charge < -0.3 is 45.5 Å². The smallest absolute Gasteiger partial charge is 0.331 e. The summed E-state index contributed by atoms with van der Waals surface area (Å²) in [4.78, 5) is 30.3. The molecular formula is C78H95NO9. The van der Waals surface area contributed by atoms with Gasteiger partial charge in [0.25, 0.3) is 0 Å². The highest BCUT2D eigenvalue weighted by Gasteiger charge is 2.88. The Balaban J connectivity index is 0.980. The van der Waals surface area contributed by atoms with Gasteiger partial charge >= 0.3 is 5.97 Å². The maximum Gasteiger partial charge on any atom is 0.331 e. The summed E-state index contributed by atoms with van der Waals surface area (Å²) >= 11 is 0. The van der Waals surface area contributed by atoms with Gasteiger partial charge in [0, 0.05) is 70.4 Å². The van der Waals surface area contributed by atoms with Crippen molar-refractivity contribution in [3.8, 4) is 23.7 Å². The Morgan fingerprint density at radius 3 is 2.31 bits per heavy atom. The number of ether oxygens (including phenoxy) is 1. The molecule has 466 valence electrons. The summed E-state index contributed by atoms with van der Waals surface area (Å²) in [5.74, 6) is 11.9. The van der Waals surface area contributed by atoms with E-state index in [1.165, 1.54) is 35.1 Å². The van der Waals surface area contributed by atoms with E-state index in [0.29, 0.717) is 70.1 Å². The van der Waals surface area contributed by atoms with Crippen LogP contribution in [0.25, 0.3) is 0 Å². The zero-order valence-electron chi connectivity index (χ0n) is 52.3. The van der Waals surface area contributed by atoms with Crippen LogP contribution in [0.1, 0.15) is 187 Å². The molecule has 9 fully saturated rings. The van der Waals surface area contributed by atoms with E-state index < -0.39 is 92.3 Å². The maximum absolute atomic E-state index is 15.9. The zero-order valence-corrected chi connectivity index (χ0v) is 52.3. The number of aldehydes is 1. The van der Waals surface area contributed by atoms with Crippen molar-refractivity contribution in [1.82, 2.24) is 5.32 Å². The van der Waals surface area contributed by atoms with Crippen LogP contribution in [-0.4, -0.2) is 91.1 Å². The fourth-order valence-electron chi connectivity index (χ4n) is 25.4. The number of aliphatic hydroxyl groups is 6. The summed E-state index contributed by atoms with van der Waals surface area (Å²) in [6.45, 7) is 4.49. The molecule has 1 heterocycles. The molecule has 24 atom stereocenters. The van der Waals surface area contributed by atoms with E-state index in [1.807, 2.05) is 19.2 Å². The molecule has 1 aliphatic heterocycles. The minimum Gasteiger partial charge on any atom is -0.454 e. The summed E-state index contributed by atoms with van der Waals surface area (Å²) in [6.07, 6.45) is 15.1. The number of benzene rings is 3. The summed E-state index contributed by atoms with van der Waals surface area (Å²) in [6, 6.07) is 24.3. The molecule has 0 radical (unpaired) electrons. The molecule has 3 aromatic carbocycles. The number of aliphatic hydroxyl groups excluding tert-OH is 3. The minimum absolute atomic E-state index is 0.0329. The fraction of sp³-hybridized carbons (Fsp3) is 0.667. The van der Waals surface area contributed by atoms with Crippen molar-refractivity contribution < 1.29 is 45.0 Å². The van der Waals surface area contributed by atoms with Gasteiger partial charge in [-0.2, -0.15) is 0 Å². The second-order valence-corrected chi connectivity index (χ2v) is 32.2. The van der Waals surface area contributed by atoms with Crippen molar-refractivity contribution in [3.63, 3.8) is 0 Å². The first kappa shape index (κ1) is 58.5. The van der Waals surface area contributed by atoms with Gasteiger partial charge in [-0.3, -0.25) is 0 Å². The molecule has 88 heavy (non-hydrogen) atoms. The van der Waals surface area contributed by atoms with Gasteiger partial charge in [-0.1, -0.05) is 118 Å².